The Morgan fingerprint density at radius 2 is 1.82 bits per heavy atom. The number of ether oxygens (including phenoxy) is 1. The van der Waals surface area contributed by atoms with E-state index in [9.17, 15) is 9.59 Å². The third-order valence-electron chi connectivity index (χ3n) is 5.44. The van der Waals surface area contributed by atoms with Gasteiger partial charge in [-0.15, -0.1) is 0 Å². The number of methoxy groups -OCH3 is 1. The third-order valence-corrected chi connectivity index (χ3v) is 5.44. The number of ketones is 1. The molecule has 0 N–H and O–H groups in total. The molecule has 1 aliphatic rings. The van der Waals surface area contributed by atoms with Crippen molar-refractivity contribution in [3.8, 4) is 5.75 Å². The largest absolute Gasteiger partial charge is 0.497 e. The molecule has 0 atom stereocenters. The molecule has 0 bridgehead atoms. The van der Waals surface area contributed by atoms with E-state index < -0.39 is 0 Å². The number of piperidine rings is 1. The summed E-state index contributed by atoms with van der Waals surface area (Å²) in [6.45, 7) is 7.25. The first-order chi connectivity index (χ1) is 13.4. The van der Waals surface area contributed by atoms with Crippen molar-refractivity contribution in [2.24, 2.45) is 5.92 Å². The monoisotopic (exact) mass is 384 g/mol. The molecule has 2 amide bonds. The predicted molar refractivity (Wildman–Crippen MR) is 114 cm³/mol. The lowest BCUT2D eigenvalue weighted by Crippen LogP contribution is -2.46. The molecule has 1 fully saturated rings. The molecule has 5 nitrogen and oxygen atoms in total. The van der Waals surface area contributed by atoms with Gasteiger partial charge in [0, 0.05) is 37.3 Å². The van der Waals surface area contributed by atoms with Crippen LogP contribution in [0, 0.1) is 5.92 Å². The van der Waals surface area contributed by atoms with Gasteiger partial charge >= 0.3 is 6.03 Å². The lowest BCUT2D eigenvalue weighted by molar-refractivity contribution is -0.120. The Morgan fingerprint density at radius 1 is 1.21 bits per heavy atom. The minimum Gasteiger partial charge on any atom is -0.497 e. The molecule has 0 aromatic heterocycles. The number of hydrogen-bond acceptors (Lipinski definition) is 3. The summed E-state index contributed by atoms with van der Waals surface area (Å²) in [6.07, 6.45) is 6.25. The molecule has 1 aromatic rings. The van der Waals surface area contributed by atoms with Crippen molar-refractivity contribution in [3.63, 3.8) is 0 Å². The highest BCUT2D eigenvalue weighted by Crippen LogP contribution is 2.25. The summed E-state index contributed by atoms with van der Waals surface area (Å²) < 4.78 is 5.17. The maximum Gasteiger partial charge on any atom is 0.324 e. The van der Waals surface area contributed by atoms with Crippen LogP contribution in [-0.4, -0.2) is 44.0 Å². The Bertz CT molecular complexity index is 742. The number of rotatable bonds is 6. The van der Waals surface area contributed by atoms with Crippen molar-refractivity contribution in [1.82, 2.24) is 4.90 Å². The van der Waals surface area contributed by atoms with Crippen molar-refractivity contribution < 1.29 is 14.3 Å². The first kappa shape index (κ1) is 21.7. The summed E-state index contributed by atoms with van der Waals surface area (Å²) >= 11 is 0. The van der Waals surface area contributed by atoms with Gasteiger partial charge < -0.3 is 9.64 Å². The van der Waals surface area contributed by atoms with Gasteiger partial charge in [-0.2, -0.15) is 0 Å². The first-order valence-corrected chi connectivity index (χ1v) is 9.95. The van der Waals surface area contributed by atoms with Gasteiger partial charge in [-0.1, -0.05) is 24.6 Å². The fourth-order valence-electron chi connectivity index (χ4n) is 3.36. The Hall–Kier alpha value is -2.56. The molecular formula is C23H32N2O3. The van der Waals surface area contributed by atoms with E-state index >= 15 is 0 Å². The second kappa shape index (κ2) is 10.1. The molecule has 2 rings (SSSR count). The lowest BCUT2D eigenvalue weighted by Gasteiger charge is -2.34. The van der Waals surface area contributed by atoms with Crippen molar-refractivity contribution in [1.29, 1.82) is 0 Å². The van der Waals surface area contributed by atoms with Crippen LogP contribution in [-0.2, 0) is 4.79 Å². The Kier molecular flexibility index (Phi) is 7.85. The van der Waals surface area contributed by atoms with E-state index in [0.29, 0.717) is 25.9 Å². The first-order valence-electron chi connectivity index (χ1n) is 9.95. The zero-order chi connectivity index (χ0) is 20.7. The highest BCUT2D eigenvalue weighted by atomic mass is 16.5. The molecule has 5 heteroatoms. The van der Waals surface area contributed by atoms with Crippen LogP contribution in [0.1, 0.15) is 40.0 Å². The van der Waals surface area contributed by atoms with E-state index in [2.05, 4.69) is 6.92 Å². The van der Waals surface area contributed by atoms with Crippen molar-refractivity contribution in [2.45, 2.75) is 40.0 Å². The number of nitrogens with zero attached hydrogens (tertiary/aromatic N) is 2. The SMILES string of the molecule is CC=C(C=C(C)CC)C(=O)C1CCN(C(=O)N(C)c2ccc(OC)cc2)CC1. The zero-order valence-corrected chi connectivity index (χ0v) is 17.7. The average Bonchev–Trinajstić information content (AvgIpc) is 2.75. The number of anilines is 1. The molecule has 0 saturated carbocycles. The molecule has 1 heterocycles. The van der Waals surface area contributed by atoms with Crippen LogP contribution < -0.4 is 9.64 Å². The van der Waals surface area contributed by atoms with E-state index in [-0.39, 0.29) is 17.7 Å². The second-order valence-electron chi connectivity index (χ2n) is 7.25. The number of likely N-dealkylation sites (tertiary alicyclic amines) is 1. The van der Waals surface area contributed by atoms with Crippen LogP contribution in [0.2, 0.25) is 0 Å². The maximum absolute atomic E-state index is 12.8. The fourth-order valence-corrected chi connectivity index (χ4v) is 3.36. The molecule has 28 heavy (non-hydrogen) atoms. The Morgan fingerprint density at radius 3 is 2.32 bits per heavy atom. The highest BCUT2D eigenvalue weighted by Gasteiger charge is 2.29. The molecule has 0 radical (unpaired) electrons. The highest BCUT2D eigenvalue weighted by molar-refractivity contribution is 6.00. The van der Waals surface area contributed by atoms with Gasteiger partial charge in [0.1, 0.15) is 5.75 Å². The van der Waals surface area contributed by atoms with Gasteiger partial charge in [0.2, 0.25) is 0 Å². The Balaban J connectivity index is 1.96. The van der Waals surface area contributed by atoms with Crippen LogP contribution in [0.25, 0.3) is 0 Å². The van der Waals surface area contributed by atoms with Crippen molar-refractivity contribution in [2.75, 3.05) is 32.1 Å². The molecule has 0 unspecified atom stereocenters. The smallest absolute Gasteiger partial charge is 0.324 e. The number of allylic oxidation sites excluding steroid dienone is 4. The third kappa shape index (κ3) is 5.24. The summed E-state index contributed by atoms with van der Waals surface area (Å²) in [4.78, 5) is 29.1. The van der Waals surface area contributed by atoms with Crippen LogP contribution in [0.15, 0.2) is 47.6 Å². The maximum atomic E-state index is 12.8. The lowest BCUT2D eigenvalue weighted by atomic mass is 9.88. The molecule has 0 aliphatic carbocycles. The number of Topliss-reactive ketones (excluding diaryl/α,β-unsaturated/α-hetero) is 1. The summed E-state index contributed by atoms with van der Waals surface area (Å²) in [5.74, 6) is 0.949. The van der Waals surface area contributed by atoms with Gasteiger partial charge in [-0.05, 0) is 57.4 Å². The van der Waals surface area contributed by atoms with Crippen molar-refractivity contribution in [3.05, 3.63) is 47.6 Å². The normalized spacial score (nSPS) is 16.1. The Labute approximate surface area is 168 Å². The van der Waals surface area contributed by atoms with Crippen LogP contribution >= 0.6 is 0 Å². The summed E-state index contributed by atoms with van der Waals surface area (Å²) in [6, 6.07) is 7.38. The van der Waals surface area contributed by atoms with Gasteiger partial charge in [0.05, 0.1) is 7.11 Å². The quantitative estimate of drug-likeness (QED) is 0.521. The predicted octanol–water partition coefficient (Wildman–Crippen LogP) is 4.84. The van der Waals surface area contributed by atoms with Crippen LogP contribution in [0.3, 0.4) is 0 Å². The van der Waals surface area contributed by atoms with Gasteiger partial charge in [-0.3, -0.25) is 9.69 Å². The number of carbonyl (C=O) groups excluding carboxylic acids is 2. The molecule has 1 saturated heterocycles. The minimum atomic E-state index is -0.0379. The summed E-state index contributed by atoms with van der Waals surface area (Å²) in [5.41, 5.74) is 2.81. The molecule has 1 aromatic carbocycles. The standard InChI is InChI=1S/C23H32N2O3/c1-6-17(3)16-18(7-2)22(26)19-12-14-25(15-13-19)23(27)24(4)20-8-10-21(28-5)11-9-20/h7-11,16,19H,6,12-15H2,1-5H3. The molecule has 152 valence electrons. The van der Waals surface area contributed by atoms with Crippen LogP contribution in [0.4, 0.5) is 10.5 Å². The molecule has 0 spiro atoms. The minimum absolute atomic E-state index is 0.0116. The summed E-state index contributed by atoms with van der Waals surface area (Å²) in [7, 11) is 3.39. The van der Waals surface area contributed by atoms with E-state index in [1.807, 2.05) is 55.2 Å². The number of amides is 2. The number of benzene rings is 1. The molecular weight excluding hydrogens is 352 g/mol. The number of hydrogen-bond donors (Lipinski definition) is 0. The van der Waals surface area contributed by atoms with Crippen LogP contribution in [0.5, 0.6) is 5.75 Å². The van der Waals surface area contributed by atoms with E-state index in [4.69, 9.17) is 4.74 Å². The summed E-state index contributed by atoms with van der Waals surface area (Å²) in [5, 5.41) is 0. The topological polar surface area (TPSA) is 49.9 Å². The van der Waals surface area contributed by atoms with Gasteiger partial charge in [0.25, 0.3) is 0 Å². The zero-order valence-electron chi connectivity index (χ0n) is 17.7. The second-order valence-corrected chi connectivity index (χ2v) is 7.25. The fraction of sp³-hybridized carbons (Fsp3) is 0.478. The van der Waals surface area contributed by atoms with Gasteiger partial charge in [0.15, 0.2) is 5.78 Å². The van der Waals surface area contributed by atoms with E-state index in [1.165, 1.54) is 5.57 Å². The van der Waals surface area contributed by atoms with Gasteiger partial charge in [-0.25, -0.2) is 4.79 Å². The average molecular weight is 385 g/mol. The number of carbonyl (C=O) groups is 2. The number of urea groups is 1. The molecule has 1 aliphatic heterocycles. The van der Waals surface area contributed by atoms with E-state index in [1.54, 1.807) is 19.1 Å². The van der Waals surface area contributed by atoms with E-state index in [0.717, 1.165) is 23.4 Å². The van der Waals surface area contributed by atoms with Crippen molar-refractivity contribution >= 4 is 17.5 Å².